The molecule has 2 aromatic rings. The van der Waals surface area contributed by atoms with Gasteiger partial charge in [0.05, 0.1) is 13.0 Å². The maximum absolute atomic E-state index is 13.5. The van der Waals surface area contributed by atoms with Crippen LogP contribution in [0.25, 0.3) is 0 Å². The van der Waals surface area contributed by atoms with Crippen molar-refractivity contribution in [2.24, 2.45) is 0 Å². The van der Waals surface area contributed by atoms with Gasteiger partial charge in [-0.1, -0.05) is 42.5 Å². The fraction of sp³-hybridized carbons (Fsp3) is 0.381. The van der Waals surface area contributed by atoms with Crippen LogP contribution in [-0.4, -0.2) is 48.5 Å². The molecule has 1 aliphatic heterocycles. The van der Waals surface area contributed by atoms with E-state index >= 15 is 0 Å². The molecule has 0 aromatic heterocycles. The molecule has 0 unspecified atom stereocenters. The van der Waals surface area contributed by atoms with E-state index in [1.165, 1.54) is 11.6 Å². The zero-order valence-electron chi connectivity index (χ0n) is 14.9. The molecule has 138 valence electrons. The Morgan fingerprint density at radius 1 is 0.962 bits per heavy atom. The molecule has 0 bridgehead atoms. The third-order valence-corrected chi connectivity index (χ3v) is 4.60. The number of hydrogen-bond acceptors (Lipinski definition) is 3. The van der Waals surface area contributed by atoms with Crippen LogP contribution in [0.4, 0.5) is 4.39 Å². The molecule has 1 heterocycles. The molecule has 1 fully saturated rings. The molecule has 26 heavy (non-hydrogen) atoms. The molecule has 0 aliphatic carbocycles. The van der Waals surface area contributed by atoms with Crippen LogP contribution in [0, 0.1) is 5.82 Å². The van der Waals surface area contributed by atoms with E-state index in [1.807, 2.05) is 11.0 Å². The molecule has 1 saturated heterocycles. The Bertz CT molecular complexity index is 708. The Kier molecular flexibility index (Phi) is 6.61. The SMILES string of the molecule is O=C(CCOc1ccccc1F)N1CCCN(Cc2ccccc2)CC1. The maximum atomic E-state index is 13.5. The van der Waals surface area contributed by atoms with Crippen molar-refractivity contribution in [3.8, 4) is 5.75 Å². The number of amides is 1. The lowest BCUT2D eigenvalue weighted by molar-refractivity contribution is -0.131. The minimum atomic E-state index is -0.397. The fourth-order valence-corrected chi connectivity index (χ4v) is 3.19. The summed E-state index contributed by atoms with van der Waals surface area (Å²) in [5.74, 6) is -0.126. The second-order valence-electron chi connectivity index (χ2n) is 6.52. The summed E-state index contributed by atoms with van der Waals surface area (Å²) in [6.45, 7) is 4.47. The zero-order chi connectivity index (χ0) is 18.2. The second-order valence-corrected chi connectivity index (χ2v) is 6.52. The van der Waals surface area contributed by atoms with Gasteiger partial charge >= 0.3 is 0 Å². The molecule has 1 amide bonds. The van der Waals surface area contributed by atoms with E-state index in [-0.39, 0.29) is 24.7 Å². The maximum Gasteiger partial charge on any atom is 0.226 e. The normalized spacial score (nSPS) is 15.5. The summed E-state index contributed by atoms with van der Waals surface area (Å²) in [6, 6.07) is 16.7. The van der Waals surface area contributed by atoms with Crippen LogP contribution in [0.15, 0.2) is 54.6 Å². The van der Waals surface area contributed by atoms with E-state index in [1.54, 1.807) is 18.2 Å². The Balaban J connectivity index is 1.43. The van der Waals surface area contributed by atoms with E-state index < -0.39 is 5.82 Å². The molecule has 1 aliphatic rings. The van der Waals surface area contributed by atoms with Gasteiger partial charge in [-0.3, -0.25) is 9.69 Å². The number of ether oxygens (including phenoxy) is 1. The number of carbonyl (C=O) groups excluding carboxylic acids is 1. The first-order chi connectivity index (χ1) is 12.7. The smallest absolute Gasteiger partial charge is 0.226 e. The first-order valence-corrected chi connectivity index (χ1v) is 9.14. The third-order valence-electron chi connectivity index (χ3n) is 4.60. The van der Waals surface area contributed by atoms with Crippen LogP contribution in [0.5, 0.6) is 5.75 Å². The number of benzene rings is 2. The molecule has 0 spiro atoms. The van der Waals surface area contributed by atoms with Crippen molar-refractivity contribution in [1.29, 1.82) is 0 Å². The monoisotopic (exact) mass is 356 g/mol. The number of hydrogen-bond donors (Lipinski definition) is 0. The van der Waals surface area contributed by atoms with Gasteiger partial charge in [-0.2, -0.15) is 0 Å². The molecule has 4 nitrogen and oxygen atoms in total. The van der Waals surface area contributed by atoms with Crippen LogP contribution < -0.4 is 4.74 Å². The van der Waals surface area contributed by atoms with Crippen molar-refractivity contribution in [3.63, 3.8) is 0 Å². The second kappa shape index (κ2) is 9.34. The third kappa shape index (κ3) is 5.30. The predicted molar refractivity (Wildman–Crippen MR) is 99.4 cm³/mol. The molecule has 0 saturated carbocycles. The molecule has 0 N–H and O–H groups in total. The fourth-order valence-electron chi connectivity index (χ4n) is 3.19. The highest BCUT2D eigenvalue weighted by atomic mass is 19.1. The Morgan fingerprint density at radius 2 is 1.73 bits per heavy atom. The lowest BCUT2D eigenvalue weighted by Gasteiger charge is -2.22. The van der Waals surface area contributed by atoms with Crippen molar-refractivity contribution in [3.05, 3.63) is 66.0 Å². The van der Waals surface area contributed by atoms with Crippen LogP contribution in [0.3, 0.4) is 0 Å². The summed E-state index contributed by atoms with van der Waals surface area (Å²) < 4.78 is 18.9. The first kappa shape index (κ1) is 18.4. The summed E-state index contributed by atoms with van der Waals surface area (Å²) in [4.78, 5) is 16.7. The topological polar surface area (TPSA) is 32.8 Å². The lowest BCUT2D eigenvalue weighted by atomic mass is 10.2. The summed E-state index contributed by atoms with van der Waals surface area (Å²) >= 11 is 0. The summed E-state index contributed by atoms with van der Waals surface area (Å²) in [6.07, 6.45) is 1.24. The largest absolute Gasteiger partial charge is 0.490 e. The van der Waals surface area contributed by atoms with Crippen molar-refractivity contribution in [2.75, 3.05) is 32.8 Å². The van der Waals surface area contributed by atoms with Gasteiger partial charge < -0.3 is 9.64 Å². The summed E-state index contributed by atoms with van der Waals surface area (Å²) in [7, 11) is 0. The Hall–Kier alpha value is -2.40. The number of nitrogens with zero attached hydrogens (tertiary/aromatic N) is 2. The van der Waals surface area contributed by atoms with Gasteiger partial charge in [0, 0.05) is 32.7 Å². The average molecular weight is 356 g/mol. The quantitative estimate of drug-likeness (QED) is 0.796. The number of halogens is 1. The van der Waals surface area contributed by atoms with Crippen LogP contribution in [0.2, 0.25) is 0 Å². The van der Waals surface area contributed by atoms with E-state index in [4.69, 9.17) is 4.74 Å². The average Bonchev–Trinajstić information content (AvgIpc) is 2.90. The van der Waals surface area contributed by atoms with Gasteiger partial charge in [0.1, 0.15) is 0 Å². The minimum absolute atomic E-state index is 0.0721. The molecule has 0 atom stereocenters. The van der Waals surface area contributed by atoms with Crippen LogP contribution >= 0.6 is 0 Å². The standard InChI is InChI=1S/C21H25FN2O2/c22-19-9-4-5-10-20(19)26-16-11-21(25)24-13-6-12-23(14-15-24)17-18-7-2-1-3-8-18/h1-5,7-10H,6,11-17H2. The highest BCUT2D eigenvalue weighted by molar-refractivity contribution is 5.76. The molecule has 5 heteroatoms. The lowest BCUT2D eigenvalue weighted by Crippen LogP contribution is -2.35. The number of carbonyl (C=O) groups is 1. The van der Waals surface area contributed by atoms with Gasteiger partial charge in [0.15, 0.2) is 11.6 Å². The highest BCUT2D eigenvalue weighted by Crippen LogP contribution is 2.16. The summed E-state index contributed by atoms with van der Waals surface area (Å²) in [5.41, 5.74) is 1.30. The van der Waals surface area contributed by atoms with Crippen molar-refractivity contribution in [1.82, 2.24) is 9.80 Å². The van der Waals surface area contributed by atoms with E-state index in [0.717, 1.165) is 39.1 Å². The molecule has 0 radical (unpaired) electrons. The predicted octanol–water partition coefficient (Wildman–Crippen LogP) is 3.33. The van der Waals surface area contributed by atoms with Crippen molar-refractivity contribution >= 4 is 5.91 Å². The van der Waals surface area contributed by atoms with Crippen LogP contribution in [0.1, 0.15) is 18.4 Å². The van der Waals surface area contributed by atoms with E-state index in [9.17, 15) is 9.18 Å². The number of para-hydroxylation sites is 1. The van der Waals surface area contributed by atoms with Crippen molar-refractivity contribution in [2.45, 2.75) is 19.4 Å². The zero-order valence-corrected chi connectivity index (χ0v) is 14.9. The summed E-state index contributed by atoms with van der Waals surface area (Å²) in [5, 5.41) is 0. The van der Waals surface area contributed by atoms with Crippen LogP contribution in [-0.2, 0) is 11.3 Å². The Morgan fingerprint density at radius 3 is 2.54 bits per heavy atom. The van der Waals surface area contributed by atoms with Gasteiger partial charge in [0.2, 0.25) is 5.91 Å². The number of rotatable bonds is 6. The van der Waals surface area contributed by atoms with Gasteiger partial charge in [-0.15, -0.1) is 0 Å². The highest BCUT2D eigenvalue weighted by Gasteiger charge is 2.19. The van der Waals surface area contributed by atoms with Crippen molar-refractivity contribution < 1.29 is 13.9 Å². The minimum Gasteiger partial charge on any atom is -0.490 e. The molecule has 3 rings (SSSR count). The van der Waals surface area contributed by atoms with E-state index in [2.05, 4.69) is 29.2 Å². The molecule has 2 aromatic carbocycles. The molecular weight excluding hydrogens is 331 g/mol. The van der Waals surface area contributed by atoms with Gasteiger partial charge in [-0.25, -0.2) is 4.39 Å². The molecular formula is C21H25FN2O2. The first-order valence-electron chi connectivity index (χ1n) is 9.14. The van der Waals surface area contributed by atoms with Gasteiger partial charge in [-0.05, 0) is 24.1 Å². The Labute approximate surface area is 154 Å². The van der Waals surface area contributed by atoms with E-state index in [0.29, 0.717) is 0 Å². The van der Waals surface area contributed by atoms with Gasteiger partial charge in [0.25, 0.3) is 0 Å².